The molecule has 6 nitrogen and oxygen atoms in total. The number of hydrogen-bond donors (Lipinski definition) is 2. The second kappa shape index (κ2) is 6.92. The number of thiazole rings is 1. The molecule has 1 aliphatic carbocycles. The van der Waals surface area contributed by atoms with Crippen LogP contribution in [-0.2, 0) is 32.5 Å². The molecule has 2 aliphatic rings. The van der Waals surface area contributed by atoms with E-state index in [1.165, 1.54) is 34.8 Å². The van der Waals surface area contributed by atoms with E-state index >= 15 is 0 Å². The van der Waals surface area contributed by atoms with Gasteiger partial charge in [-0.1, -0.05) is 0 Å². The highest BCUT2D eigenvalue weighted by molar-refractivity contribution is 7.11. The molecule has 4 rings (SSSR count). The van der Waals surface area contributed by atoms with Gasteiger partial charge in [-0.05, 0) is 38.2 Å². The van der Waals surface area contributed by atoms with Gasteiger partial charge in [-0.15, -0.1) is 11.3 Å². The Morgan fingerprint density at radius 3 is 2.92 bits per heavy atom. The fourth-order valence-electron chi connectivity index (χ4n) is 3.61. The van der Waals surface area contributed by atoms with Crippen molar-refractivity contribution >= 4 is 11.3 Å². The minimum Gasteiger partial charge on any atom is -0.393 e. The lowest BCUT2D eigenvalue weighted by atomic mass is 10.0. The number of aliphatic hydroxyl groups excluding tert-OH is 2. The van der Waals surface area contributed by atoms with E-state index in [9.17, 15) is 5.11 Å². The number of rotatable bonds is 4. The van der Waals surface area contributed by atoms with Crippen LogP contribution in [0.3, 0.4) is 0 Å². The minimum absolute atomic E-state index is 0.287. The Hall–Kier alpha value is -1.28. The monoisotopic (exact) mass is 348 g/mol. The van der Waals surface area contributed by atoms with Crippen LogP contribution in [0.15, 0.2) is 6.07 Å². The van der Waals surface area contributed by atoms with Crippen molar-refractivity contribution in [3.05, 3.63) is 33.0 Å². The van der Waals surface area contributed by atoms with Crippen molar-refractivity contribution in [2.24, 2.45) is 0 Å². The summed E-state index contributed by atoms with van der Waals surface area (Å²) in [5.74, 6) is 0. The number of aryl methyl sites for hydroxylation is 3. The number of fused-ring (bicyclic) bond motifs is 2. The molecule has 0 fully saturated rings. The van der Waals surface area contributed by atoms with Crippen LogP contribution in [0.25, 0.3) is 0 Å². The van der Waals surface area contributed by atoms with Crippen molar-refractivity contribution in [2.75, 3.05) is 13.2 Å². The molecule has 1 aliphatic heterocycles. The third-order valence-electron chi connectivity index (χ3n) is 4.88. The Morgan fingerprint density at radius 1 is 1.21 bits per heavy atom. The van der Waals surface area contributed by atoms with Gasteiger partial charge >= 0.3 is 0 Å². The van der Waals surface area contributed by atoms with Crippen LogP contribution in [0.2, 0.25) is 0 Å². The van der Waals surface area contributed by atoms with E-state index in [0.717, 1.165) is 44.7 Å². The summed E-state index contributed by atoms with van der Waals surface area (Å²) < 4.78 is 1.97. The van der Waals surface area contributed by atoms with Gasteiger partial charge < -0.3 is 10.2 Å². The molecule has 1 unspecified atom stereocenters. The number of nitrogens with zero attached hydrogens (tertiary/aromatic N) is 4. The summed E-state index contributed by atoms with van der Waals surface area (Å²) >= 11 is 1.88. The summed E-state index contributed by atoms with van der Waals surface area (Å²) in [5.41, 5.74) is 3.00. The standard InChI is InChI=1S/C17H24N4O2S/c22-11-15(23)14-8-12-9-20(6-3-7-21(12)19-14)10-17-18-13-4-1-2-5-16(13)24-17/h8,15,22-23H,1-7,9-11H2. The first-order valence-corrected chi connectivity index (χ1v) is 9.60. The molecule has 0 saturated heterocycles. The van der Waals surface area contributed by atoms with Gasteiger partial charge in [-0.2, -0.15) is 5.10 Å². The highest BCUT2D eigenvalue weighted by atomic mass is 32.1. The first kappa shape index (κ1) is 16.2. The van der Waals surface area contributed by atoms with Crippen LogP contribution in [0.4, 0.5) is 0 Å². The van der Waals surface area contributed by atoms with E-state index in [2.05, 4.69) is 10.00 Å². The molecule has 2 aromatic rings. The lowest BCUT2D eigenvalue weighted by molar-refractivity contribution is 0.0916. The molecular formula is C17H24N4O2S. The maximum absolute atomic E-state index is 9.80. The largest absolute Gasteiger partial charge is 0.393 e. The zero-order valence-corrected chi connectivity index (χ0v) is 14.6. The molecular weight excluding hydrogens is 324 g/mol. The van der Waals surface area contributed by atoms with Crippen LogP contribution >= 0.6 is 11.3 Å². The smallest absolute Gasteiger partial charge is 0.121 e. The average molecular weight is 348 g/mol. The maximum atomic E-state index is 9.80. The van der Waals surface area contributed by atoms with E-state index in [4.69, 9.17) is 10.1 Å². The van der Waals surface area contributed by atoms with Gasteiger partial charge in [0.1, 0.15) is 11.1 Å². The Kier molecular flexibility index (Phi) is 4.67. The number of aliphatic hydroxyl groups is 2. The number of aromatic nitrogens is 3. The molecule has 2 N–H and O–H groups in total. The van der Waals surface area contributed by atoms with Gasteiger partial charge in [0.15, 0.2) is 0 Å². The van der Waals surface area contributed by atoms with E-state index < -0.39 is 6.10 Å². The van der Waals surface area contributed by atoms with Gasteiger partial charge in [0.05, 0.1) is 30.2 Å². The molecule has 1 atom stereocenters. The van der Waals surface area contributed by atoms with E-state index in [-0.39, 0.29) is 6.61 Å². The van der Waals surface area contributed by atoms with Gasteiger partial charge in [0.2, 0.25) is 0 Å². The normalized spacial score (nSPS) is 19.6. The van der Waals surface area contributed by atoms with Gasteiger partial charge in [0.25, 0.3) is 0 Å². The highest BCUT2D eigenvalue weighted by Gasteiger charge is 2.21. The molecule has 130 valence electrons. The Bertz CT molecular complexity index is 688. The van der Waals surface area contributed by atoms with Gasteiger partial charge in [-0.25, -0.2) is 4.98 Å². The zero-order chi connectivity index (χ0) is 16.5. The van der Waals surface area contributed by atoms with Crippen molar-refractivity contribution < 1.29 is 10.2 Å². The first-order valence-electron chi connectivity index (χ1n) is 8.78. The highest BCUT2D eigenvalue weighted by Crippen LogP contribution is 2.28. The van der Waals surface area contributed by atoms with E-state index in [1.54, 1.807) is 0 Å². The van der Waals surface area contributed by atoms with E-state index in [1.807, 2.05) is 22.1 Å². The third-order valence-corrected chi connectivity index (χ3v) is 6.02. The summed E-state index contributed by atoms with van der Waals surface area (Å²) in [4.78, 5) is 8.77. The van der Waals surface area contributed by atoms with Crippen LogP contribution in [-0.4, -0.2) is 43.0 Å². The van der Waals surface area contributed by atoms with E-state index in [0.29, 0.717) is 5.69 Å². The molecule has 0 aromatic carbocycles. The minimum atomic E-state index is -0.886. The van der Waals surface area contributed by atoms with Crippen LogP contribution in [0.5, 0.6) is 0 Å². The average Bonchev–Trinajstić information content (AvgIpc) is 3.13. The Morgan fingerprint density at radius 2 is 2.08 bits per heavy atom. The molecule has 0 bridgehead atoms. The molecule has 2 aromatic heterocycles. The third kappa shape index (κ3) is 3.26. The van der Waals surface area contributed by atoms with Crippen molar-refractivity contribution in [1.82, 2.24) is 19.7 Å². The molecule has 0 saturated carbocycles. The second-order valence-electron chi connectivity index (χ2n) is 6.73. The lowest BCUT2D eigenvalue weighted by Gasteiger charge is -2.17. The first-order chi connectivity index (χ1) is 11.7. The summed E-state index contributed by atoms with van der Waals surface area (Å²) in [6.45, 7) is 3.31. The maximum Gasteiger partial charge on any atom is 0.121 e. The molecule has 0 amide bonds. The summed E-state index contributed by atoms with van der Waals surface area (Å²) in [6, 6.07) is 1.92. The molecule has 24 heavy (non-hydrogen) atoms. The molecule has 0 radical (unpaired) electrons. The van der Waals surface area contributed by atoms with Crippen LogP contribution in [0, 0.1) is 0 Å². The van der Waals surface area contributed by atoms with Gasteiger partial charge in [0, 0.05) is 24.5 Å². The lowest BCUT2D eigenvalue weighted by Crippen LogP contribution is -2.22. The van der Waals surface area contributed by atoms with Crippen molar-refractivity contribution in [3.8, 4) is 0 Å². The van der Waals surface area contributed by atoms with Crippen molar-refractivity contribution in [2.45, 2.75) is 57.8 Å². The van der Waals surface area contributed by atoms with Crippen molar-refractivity contribution in [1.29, 1.82) is 0 Å². The second-order valence-corrected chi connectivity index (χ2v) is 7.90. The predicted molar refractivity (Wildman–Crippen MR) is 91.8 cm³/mol. The fraction of sp³-hybridized carbons (Fsp3) is 0.647. The SMILES string of the molecule is OCC(O)c1cc2n(n1)CCCN(Cc1nc3c(s1)CCCC3)C2. The molecule has 0 spiro atoms. The van der Waals surface area contributed by atoms with Crippen LogP contribution in [0.1, 0.15) is 52.3 Å². The van der Waals surface area contributed by atoms with Gasteiger partial charge in [-0.3, -0.25) is 9.58 Å². The summed E-state index contributed by atoms with van der Waals surface area (Å²) in [6.07, 6.45) is 5.06. The van der Waals surface area contributed by atoms with Crippen molar-refractivity contribution in [3.63, 3.8) is 0 Å². The predicted octanol–water partition coefficient (Wildman–Crippen LogP) is 1.65. The van der Waals surface area contributed by atoms with Crippen LogP contribution < -0.4 is 0 Å². The molecule has 7 heteroatoms. The summed E-state index contributed by atoms with van der Waals surface area (Å²) in [7, 11) is 0. The Labute approximate surface area is 145 Å². The quantitative estimate of drug-likeness (QED) is 0.879. The Balaban J connectivity index is 1.48. The number of hydrogen-bond acceptors (Lipinski definition) is 6. The zero-order valence-electron chi connectivity index (χ0n) is 13.8. The topological polar surface area (TPSA) is 74.4 Å². The molecule has 3 heterocycles. The summed E-state index contributed by atoms with van der Waals surface area (Å²) in [5, 5.41) is 24.6. The fourth-order valence-corrected chi connectivity index (χ4v) is 4.81.